The third kappa shape index (κ3) is 2.87. The molecule has 0 fully saturated rings. The minimum atomic E-state index is 0.400. The molecule has 70 valence electrons. The van der Waals surface area contributed by atoms with Gasteiger partial charge in [-0.3, -0.25) is 9.90 Å². The van der Waals surface area contributed by atoms with Crippen LogP contribution in [0.15, 0.2) is 42.7 Å². The molecule has 1 aromatic carbocycles. The average molecular weight is 181 g/mol. The van der Waals surface area contributed by atoms with Crippen LogP contribution in [0.2, 0.25) is 0 Å². The van der Waals surface area contributed by atoms with Crippen LogP contribution in [-0.2, 0) is 4.84 Å². The van der Waals surface area contributed by atoms with Gasteiger partial charge in [-0.25, -0.2) is 4.39 Å². The Morgan fingerprint density at radius 2 is 2.08 bits per heavy atom. The Morgan fingerprint density at radius 1 is 1.38 bits per heavy atom. The van der Waals surface area contributed by atoms with E-state index < -0.39 is 0 Å². The highest BCUT2D eigenvalue weighted by Crippen LogP contribution is 2.12. The predicted molar refractivity (Wildman–Crippen MR) is 51.0 cm³/mol. The summed E-state index contributed by atoms with van der Waals surface area (Å²) >= 11 is 0. The second kappa shape index (κ2) is 5.32. The van der Waals surface area contributed by atoms with E-state index in [4.69, 9.17) is 4.84 Å². The topological polar surface area (TPSA) is 12.5 Å². The predicted octanol–water partition coefficient (Wildman–Crippen LogP) is 2.54. The van der Waals surface area contributed by atoms with Crippen LogP contribution in [0.5, 0.6) is 0 Å². The average Bonchev–Trinajstić information content (AvgIpc) is 2.21. The molecule has 0 aliphatic carbocycles. The van der Waals surface area contributed by atoms with Crippen molar-refractivity contribution >= 4 is 5.69 Å². The summed E-state index contributed by atoms with van der Waals surface area (Å²) in [5, 5.41) is 1.59. The monoisotopic (exact) mass is 181 g/mol. The number of nitrogens with zero attached hydrogens (tertiary/aromatic N) is 1. The molecule has 0 aliphatic rings. The fourth-order valence-electron chi connectivity index (χ4n) is 1.02. The van der Waals surface area contributed by atoms with Crippen molar-refractivity contribution in [3.63, 3.8) is 0 Å². The Labute approximate surface area is 77.2 Å². The minimum absolute atomic E-state index is 0.400. The van der Waals surface area contributed by atoms with Gasteiger partial charge in [0.05, 0.1) is 25.7 Å². The highest BCUT2D eigenvalue weighted by Gasteiger charge is 2.00. The quantitative estimate of drug-likeness (QED) is 0.662. The van der Waals surface area contributed by atoms with Crippen molar-refractivity contribution in [1.82, 2.24) is 0 Å². The molecule has 13 heavy (non-hydrogen) atoms. The summed E-state index contributed by atoms with van der Waals surface area (Å²) in [6, 6.07) is 9.52. The number of hydroxylamine groups is 1. The number of benzene rings is 1. The molecular formula is C10H12FNO. The molecule has 0 saturated carbocycles. The van der Waals surface area contributed by atoms with Crippen LogP contribution in [0, 0.1) is 0 Å². The molecule has 0 bridgehead atoms. The maximum absolute atomic E-state index is 11.7. The maximum atomic E-state index is 11.7. The van der Waals surface area contributed by atoms with Gasteiger partial charge in [-0.2, -0.15) is 0 Å². The van der Waals surface area contributed by atoms with Crippen LogP contribution in [0.25, 0.3) is 0 Å². The summed E-state index contributed by atoms with van der Waals surface area (Å²) in [5.41, 5.74) is 0.906. The molecule has 0 N–H and O–H groups in total. The molecule has 0 atom stereocenters. The Hall–Kier alpha value is -1.35. The zero-order chi connectivity index (χ0) is 9.52. The molecule has 0 aliphatic heterocycles. The Kier molecular flexibility index (Phi) is 3.99. The van der Waals surface area contributed by atoms with Crippen molar-refractivity contribution < 1.29 is 9.23 Å². The fraction of sp³-hybridized carbons (Fsp3) is 0.200. The summed E-state index contributed by atoms with van der Waals surface area (Å²) in [4.78, 5) is 5.05. The molecule has 0 spiro atoms. The second-order valence-electron chi connectivity index (χ2n) is 2.44. The fourth-order valence-corrected chi connectivity index (χ4v) is 1.02. The van der Waals surface area contributed by atoms with Gasteiger partial charge < -0.3 is 0 Å². The van der Waals surface area contributed by atoms with Crippen molar-refractivity contribution in [3.05, 3.63) is 42.7 Å². The van der Waals surface area contributed by atoms with Crippen LogP contribution < -0.4 is 5.06 Å². The first kappa shape index (κ1) is 9.74. The van der Waals surface area contributed by atoms with E-state index in [9.17, 15) is 4.39 Å². The van der Waals surface area contributed by atoms with Crippen LogP contribution in [0.1, 0.15) is 0 Å². The number of rotatable bonds is 4. The largest absolute Gasteiger partial charge is 0.276 e. The standard InChI is InChI=1S/C10H12FNO/c1-13-12(9-5-8-11)10-6-3-2-4-7-10/h2-8H,9H2,1H3/b8-5+. The molecule has 2 nitrogen and oxygen atoms in total. The molecule has 3 heteroatoms. The maximum Gasteiger partial charge on any atom is 0.0845 e. The summed E-state index contributed by atoms with van der Waals surface area (Å²) in [6.07, 6.45) is 1.89. The molecule has 0 saturated heterocycles. The first-order valence-electron chi connectivity index (χ1n) is 4.00. The first-order valence-corrected chi connectivity index (χ1v) is 4.00. The summed E-state index contributed by atoms with van der Waals surface area (Å²) in [7, 11) is 1.55. The van der Waals surface area contributed by atoms with E-state index >= 15 is 0 Å². The lowest BCUT2D eigenvalue weighted by molar-refractivity contribution is 0.175. The first-order chi connectivity index (χ1) is 6.38. The molecule has 1 rings (SSSR count). The molecule has 0 radical (unpaired) electrons. The molecule has 0 aromatic heterocycles. The van der Waals surface area contributed by atoms with Gasteiger partial charge in [0.25, 0.3) is 0 Å². The smallest absolute Gasteiger partial charge is 0.0845 e. The van der Waals surface area contributed by atoms with E-state index in [0.29, 0.717) is 12.9 Å². The van der Waals surface area contributed by atoms with Crippen molar-refractivity contribution in [3.8, 4) is 0 Å². The van der Waals surface area contributed by atoms with Gasteiger partial charge in [-0.05, 0) is 18.2 Å². The highest BCUT2D eigenvalue weighted by molar-refractivity contribution is 5.43. The van der Waals surface area contributed by atoms with Gasteiger partial charge in [0, 0.05) is 0 Å². The normalized spacial score (nSPS) is 10.6. The third-order valence-corrected chi connectivity index (χ3v) is 1.62. The van der Waals surface area contributed by atoms with Crippen LogP contribution in [0.4, 0.5) is 10.1 Å². The van der Waals surface area contributed by atoms with Crippen molar-refractivity contribution in [1.29, 1.82) is 0 Å². The molecule has 1 aromatic rings. The van der Waals surface area contributed by atoms with Crippen LogP contribution in [-0.4, -0.2) is 13.7 Å². The van der Waals surface area contributed by atoms with E-state index in [0.717, 1.165) is 5.69 Å². The van der Waals surface area contributed by atoms with E-state index in [2.05, 4.69) is 0 Å². The zero-order valence-corrected chi connectivity index (χ0v) is 7.48. The van der Waals surface area contributed by atoms with Crippen molar-refractivity contribution in [2.45, 2.75) is 0 Å². The Bertz CT molecular complexity index is 261. The zero-order valence-electron chi connectivity index (χ0n) is 7.48. The van der Waals surface area contributed by atoms with E-state index in [1.807, 2.05) is 30.3 Å². The lowest BCUT2D eigenvalue weighted by Crippen LogP contribution is -2.21. The van der Waals surface area contributed by atoms with Gasteiger partial charge in [0.2, 0.25) is 0 Å². The van der Waals surface area contributed by atoms with Gasteiger partial charge in [0.15, 0.2) is 0 Å². The summed E-state index contributed by atoms with van der Waals surface area (Å²) < 4.78 is 11.7. The Morgan fingerprint density at radius 3 is 2.62 bits per heavy atom. The minimum Gasteiger partial charge on any atom is -0.276 e. The van der Waals surface area contributed by atoms with Crippen LogP contribution >= 0.6 is 0 Å². The lowest BCUT2D eigenvalue weighted by atomic mass is 10.3. The SMILES string of the molecule is CON(C/C=C/F)c1ccccc1. The van der Waals surface area contributed by atoms with Gasteiger partial charge in [-0.15, -0.1) is 0 Å². The van der Waals surface area contributed by atoms with Gasteiger partial charge >= 0.3 is 0 Å². The Balaban J connectivity index is 2.67. The molecule has 0 amide bonds. The van der Waals surface area contributed by atoms with E-state index in [1.54, 1.807) is 12.2 Å². The van der Waals surface area contributed by atoms with Gasteiger partial charge in [-0.1, -0.05) is 18.2 Å². The van der Waals surface area contributed by atoms with Crippen LogP contribution in [0.3, 0.4) is 0 Å². The molecule has 0 unspecified atom stereocenters. The third-order valence-electron chi connectivity index (χ3n) is 1.62. The van der Waals surface area contributed by atoms with Crippen molar-refractivity contribution in [2.24, 2.45) is 0 Å². The number of hydrogen-bond acceptors (Lipinski definition) is 2. The van der Waals surface area contributed by atoms with Crippen molar-refractivity contribution in [2.75, 3.05) is 18.7 Å². The highest BCUT2D eigenvalue weighted by atomic mass is 19.1. The van der Waals surface area contributed by atoms with Gasteiger partial charge in [0.1, 0.15) is 0 Å². The molecule has 0 heterocycles. The number of para-hydroxylation sites is 1. The lowest BCUT2D eigenvalue weighted by Gasteiger charge is -2.19. The van der Waals surface area contributed by atoms with E-state index in [-0.39, 0.29) is 0 Å². The second-order valence-corrected chi connectivity index (χ2v) is 2.44. The summed E-state index contributed by atoms with van der Waals surface area (Å²) in [5.74, 6) is 0. The number of hydrogen-bond donors (Lipinski definition) is 0. The number of anilines is 1. The molecular weight excluding hydrogens is 169 g/mol. The summed E-state index contributed by atoms with van der Waals surface area (Å²) in [6.45, 7) is 0.400. The number of halogens is 1. The van der Waals surface area contributed by atoms with E-state index in [1.165, 1.54) is 6.08 Å².